The average molecular weight is 423 g/mol. The fourth-order valence-corrected chi connectivity index (χ4v) is 4.13. The van der Waals surface area contributed by atoms with Gasteiger partial charge in [-0.05, 0) is 49.7 Å². The molecular formula is C24H27ClN4O. The summed E-state index contributed by atoms with van der Waals surface area (Å²) in [5, 5.41) is 5.46. The maximum atomic E-state index is 13.5. The molecule has 0 atom stereocenters. The van der Waals surface area contributed by atoms with Crippen LogP contribution in [0, 0.1) is 13.8 Å². The van der Waals surface area contributed by atoms with Crippen LogP contribution < -0.4 is 0 Å². The number of hydrogen-bond acceptors (Lipinski definition) is 3. The standard InChI is InChI=1S/C24H27ClN4O/c1-4-27-11-13-28(14-12-27)24(30)23-16-21(19-7-5-6-8-20(19)25)26-29(23)22-15-17(2)9-10-18(22)3/h5-10,15-16H,4,11-14H2,1-3H3. The minimum Gasteiger partial charge on any atom is -0.335 e. The molecule has 1 aliphatic heterocycles. The number of halogens is 1. The van der Waals surface area contributed by atoms with Gasteiger partial charge in [-0.15, -0.1) is 0 Å². The fourth-order valence-electron chi connectivity index (χ4n) is 3.89. The molecule has 4 rings (SSSR count). The quantitative estimate of drug-likeness (QED) is 0.617. The van der Waals surface area contributed by atoms with Crippen molar-refractivity contribution in [1.29, 1.82) is 0 Å². The third-order valence-corrected chi connectivity index (χ3v) is 6.11. The molecule has 5 nitrogen and oxygen atoms in total. The SMILES string of the molecule is CCN1CCN(C(=O)c2cc(-c3ccccc3Cl)nn2-c2cc(C)ccc2C)CC1. The van der Waals surface area contributed by atoms with Crippen LogP contribution in [0.25, 0.3) is 16.9 Å². The first-order valence-corrected chi connectivity index (χ1v) is 10.8. The van der Waals surface area contributed by atoms with Crippen LogP contribution in [0.4, 0.5) is 0 Å². The van der Waals surface area contributed by atoms with E-state index in [1.165, 1.54) is 0 Å². The smallest absolute Gasteiger partial charge is 0.272 e. The van der Waals surface area contributed by atoms with Crippen molar-refractivity contribution in [1.82, 2.24) is 19.6 Å². The van der Waals surface area contributed by atoms with E-state index in [9.17, 15) is 4.79 Å². The zero-order chi connectivity index (χ0) is 21.3. The molecule has 1 aromatic heterocycles. The van der Waals surface area contributed by atoms with Gasteiger partial charge in [0.2, 0.25) is 0 Å². The summed E-state index contributed by atoms with van der Waals surface area (Å²) in [7, 11) is 0. The number of rotatable bonds is 4. The highest BCUT2D eigenvalue weighted by Crippen LogP contribution is 2.29. The Morgan fingerprint density at radius 3 is 2.47 bits per heavy atom. The van der Waals surface area contributed by atoms with Crippen LogP contribution in [0.15, 0.2) is 48.5 Å². The van der Waals surface area contributed by atoms with Crippen molar-refractivity contribution in [3.8, 4) is 16.9 Å². The molecule has 1 fully saturated rings. The summed E-state index contributed by atoms with van der Waals surface area (Å²) in [6, 6.07) is 15.7. The third kappa shape index (κ3) is 4.00. The second-order valence-corrected chi connectivity index (χ2v) is 8.23. The highest BCUT2D eigenvalue weighted by molar-refractivity contribution is 6.33. The normalized spacial score (nSPS) is 14.9. The predicted molar refractivity (Wildman–Crippen MR) is 122 cm³/mol. The first kappa shape index (κ1) is 20.6. The Balaban J connectivity index is 1.79. The number of carbonyl (C=O) groups excluding carboxylic acids is 1. The Morgan fingerprint density at radius 1 is 1.03 bits per heavy atom. The van der Waals surface area contributed by atoms with Crippen LogP contribution in [0.3, 0.4) is 0 Å². The zero-order valence-corrected chi connectivity index (χ0v) is 18.5. The molecule has 0 N–H and O–H groups in total. The van der Waals surface area contributed by atoms with Gasteiger partial charge in [0, 0.05) is 31.7 Å². The number of amides is 1. The highest BCUT2D eigenvalue weighted by Gasteiger charge is 2.26. The summed E-state index contributed by atoms with van der Waals surface area (Å²) in [6.07, 6.45) is 0. The minimum absolute atomic E-state index is 0.0115. The van der Waals surface area contributed by atoms with Gasteiger partial charge in [-0.25, -0.2) is 4.68 Å². The van der Waals surface area contributed by atoms with Gasteiger partial charge in [-0.2, -0.15) is 5.10 Å². The number of aryl methyl sites for hydroxylation is 2. The van der Waals surface area contributed by atoms with Crippen LogP contribution in [0.1, 0.15) is 28.5 Å². The van der Waals surface area contributed by atoms with Gasteiger partial charge in [-0.1, -0.05) is 48.9 Å². The van der Waals surface area contributed by atoms with Crippen LogP contribution >= 0.6 is 11.6 Å². The first-order chi connectivity index (χ1) is 14.5. The molecule has 3 aromatic rings. The Kier molecular flexibility index (Phi) is 5.93. The van der Waals surface area contributed by atoms with Crippen LogP contribution in [-0.4, -0.2) is 58.2 Å². The van der Waals surface area contributed by atoms with E-state index in [0.717, 1.165) is 55.1 Å². The fraction of sp³-hybridized carbons (Fsp3) is 0.333. The van der Waals surface area contributed by atoms with Crippen molar-refractivity contribution in [2.45, 2.75) is 20.8 Å². The number of likely N-dealkylation sites (N-methyl/N-ethyl adjacent to an activating group) is 1. The number of nitrogens with zero attached hydrogens (tertiary/aromatic N) is 4. The summed E-state index contributed by atoms with van der Waals surface area (Å²) in [5.74, 6) is 0.0115. The van der Waals surface area contributed by atoms with Crippen LogP contribution in [0.2, 0.25) is 5.02 Å². The Morgan fingerprint density at radius 2 is 1.77 bits per heavy atom. The van der Waals surface area contributed by atoms with Crippen LogP contribution in [0.5, 0.6) is 0 Å². The van der Waals surface area contributed by atoms with E-state index in [1.54, 1.807) is 4.68 Å². The van der Waals surface area contributed by atoms with Crippen molar-refractivity contribution in [3.05, 3.63) is 70.4 Å². The largest absolute Gasteiger partial charge is 0.335 e. The molecule has 0 saturated carbocycles. The van der Waals surface area contributed by atoms with E-state index in [4.69, 9.17) is 16.7 Å². The maximum Gasteiger partial charge on any atom is 0.272 e. The lowest BCUT2D eigenvalue weighted by atomic mass is 10.1. The second-order valence-electron chi connectivity index (χ2n) is 7.82. The molecule has 1 aliphatic rings. The summed E-state index contributed by atoms with van der Waals surface area (Å²) < 4.78 is 1.79. The maximum absolute atomic E-state index is 13.5. The van der Waals surface area contributed by atoms with E-state index in [-0.39, 0.29) is 5.91 Å². The summed E-state index contributed by atoms with van der Waals surface area (Å²) in [6.45, 7) is 10.5. The lowest BCUT2D eigenvalue weighted by Gasteiger charge is -2.34. The van der Waals surface area contributed by atoms with Gasteiger partial charge in [-0.3, -0.25) is 4.79 Å². The van der Waals surface area contributed by atoms with Crippen LogP contribution in [-0.2, 0) is 0 Å². The Hall–Kier alpha value is -2.63. The molecule has 1 saturated heterocycles. The second kappa shape index (κ2) is 8.62. The highest BCUT2D eigenvalue weighted by atomic mass is 35.5. The molecule has 0 aliphatic carbocycles. The van der Waals surface area contributed by atoms with Gasteiger partial charge in [0.05, 0.1) is 16.4 Å². The molecule has 6 heteroatoms. The summed E-state index contributed by atoms with van der Waals surface area (Å²) in [4.78, 5) is 17.8. The molecular weight excluding hydrogens is 396 g/mol. The summed E-state index contributed by atoms with van der Waals surface area (Å²) in [5.41, 5.74) is 5.22. The first-order valence-electron chi connectivity index (χ1n) is 10.4. The van der Waals surface area contributed by atoms with Gasteiger partial charge in [0.25, 0.3) is 5.91 Å². The minimum atomic E-state index is 0.0115. The number of piperazine rings is 1. The van der Waals surface area contributed by atoms with Crippen molar-refractivity contribution >= 4 is 17.5 Å². The Bertz CT molecular complexity index is 1070. The molecule has 156 valence electrons. The van der Waals surface area contributed by atoms with E-state index >= 15 is 0 Å². The average Bonchev–Trinajstić information content (AvgIpc) is 3.20. The molecule has 0 spiro atoms. The molecule has 30 heavy (non-hydrogen) atoms. The van der Waals surface area contributed by atoms with Crippen molar-refractivity contribution in [3.63, 3.8) is 0 Å². The zero-order valence-electron chi connectivity index (χ0n) is 17.7. The molecule has 0 unspecified atom stereocenters. The number of aromatic nitrogens is 2. The van der Waals surface area contributed by atoms with Gasteiger partial charge < -0.3 is 9.80 Å². The lowest BCUT2D eigenvalue weighted by Crippen LogP contribution is -2.48. The van der Waals surface area contributed by atoms with E-state index in [2.05, 4.69) is 30.0 Å². The monoisotopic (exact) mass is 422 g/mol. The molecule has 0 radical (unpaired) electrons. The van der Waals surface area contributed by atoms with E-state index < -0.39 is 0 Å². The Labute approximate surface area is 182 Å². The van der Waals surface area contributed by atoms with Crippen molar-refractivity contribution in [2.24, 2.45) is 0 Å². The van der Waals surface area contributed by atoms with Crippen molar-refractivity contribution in [2.75, 3.05) is 32.7 Å². The summed E-state index contributed by atoms with van der Waals surface area (Å²) >= 11 is 6.43. The lowest BCUT2D eigenvalue weighted by molar-refractivity contribution is 0.0634. The van der Waals surface area contributed by atoms with Gasteiger partial charge in [0.15, 0.2) is 0 Å². The third-order valence-electron chi connectivity index (χ3n) is 5.78. The van der Waals surface area contributed by atoms with E-state index in [1.807, 2.05) is 49.1 Å². The molecule has 0 bridgehead atoms. The number of hydrogen-bond donors (Lipinski definition) is 0. The topological polar surface area (TPSA) is 41.4 Å². The predicted octanol–water partition coefficient (Wildman–Crippen LogP) is 4.59. The van der Waals surface area contributed by atoms with Gasteiger partial charge in [0.1, 0.15) is 5.69 Å². The van der Waals surface area contributed by atoms with Gasteiger partial charge >= 0.3 is 0 Å². The van der Waals surface area contributed by atoms with Crippen molar-refractivity contribution < 1.29 is 4.79 Å². The molecule has 2 heterocycles. The molecule has 2 aromatic carbocycles. The van der Waals surface area contributed by atoms with E-state index in [0.29, 0.717) is 16.4 Å². The molecule has 1 amide bonds. The number of carbonyl (C=O) groups is 1. The number of benzene rings is 2.